The molecule has 0 aliphatic rings. The molecule has 12 heavy (non-hydrogen) atoms. The maximum absolute atomic E-state index is 5.24. The van der Waals surface area contributed by atoms with Gasteiger partial charge in [-0.15, -0.1) is 0 Å². The zero-order valence-electron chi connectivity index (χ0n) is 6.94. The van der Waals surface area contributed by atoms with Gasteiger partial charge in [0.25, 0.3) is 0 Å². The number of hydrogen-bond acceptors (Lipinski definition) is 2. The molecule has 0 radical (unpaired) electrons. The van der Waals surface area contributed by atoms with Crippen LogP contribution in [0.5, 0.6) is 0 Å². The van der Waals surface area contributed by atoms with Crippen molar-refractivity contribution in [3.8, 4) is 0 Å². The lowest BCUT2D eigenvalue weighted by molar-refractivity contribution is 0.813. The van der Waals surface area contributed by atoms with E-state index in [-0.39, 0.29) is 12.0 Å². The molecule has 1 rings (SSSR count). The fourth-order valence-electron chi connectivity index (χ4n) is 0.940. The molecule has 4 nitrogen and oxygen atoms in total. The Labute approximate surface area is 71.3 Å². The molecule has 1 unspecified atom stereocenters. The van der Waals surface area contributed by atoms with E-state index in [2.05, 4.69) is 9.98 Å². The van der Waals surface area contributed by atoms with E-state index in [1.807, 2.05) is 19.1 Å². The van der Waals surface area contributed by atoms with Crippen molar-refractivity contribution in [3.63, 3.8) is 0 Å². The second-order valence-corrected chi connectivity index (χ2v) is 2.51. The summed E-state index contributed by atoms with van der Waals surface area (Å²) in [4.78, 5) is 7.89. The summed E-state index contributed by atoms with van der Waals surface area (Å²) in [7, 11) is 0. The van der Waals surface area contributed by atoms with Crippen LogP contribution in [0.15, 0.2) is 29.5 Å². The number of nitrogens with zero attached hydrogens (tertiary/aromatic N) is 2. The van der Waals surface area contributed by atoms with E-state index in [1.165, 1.54) is 0 Å². The van der Waals surface area contributed by atoms with Gasteiger partial charge in [0, 0.05) is 12.4 Å². The zero-order valence-corrected chi connectivity index (χ0v) is 6.94. The van der Waals surface area contributed by atoms with Crippen LogP contribution >= 0.6 is 0 Å². The summed E-state index contributed by atoms with van der Waals surface area (Å²) in [5.74, 6) is 0.110. The van der Waals surface area contributed by atoms with Crippen LogP contribution in [-0.4, -0.2) is 10.9 Å². The predicted molar refractivity (Wildman–Crippen MR) is 48.5 cm³/mol. The summed E-state index contributed by atoms with van der Waals surface area (Å²) in [5, 5.41) is 0. The fourth-order valence-corrected chi connectivity index (χ4v) is 0.940. The van der Waals surface area contributed by atoms with Crippen molar-refractivity contribution in [2.24, 2.45) is 16.5 Å². The van der Waals surface area contributed by atoms with Crippen molar-refractivity contribution in [1.82, 2.24) is 4.98 Å². The Bertz CT molecular complexity index is 264. The van der Waals surface area contributed by atoms with Gasteiger partial charge in [0.05, 0.1) is 6.04 Å². The minimum atomic E-state index is -0.00185. The van der Waals surface area contributed by atoms with E-state index in [4.69, 9.17) is 11.5 Å². The van der Waals surface area contributed by atoms with Crippen molar-refractivity contribution in [2.75, 3.05) is 0 Å². The maximum Gasteiger partial charge on any atom is 0.186 e. The molecular weight excluding hydrogens is 152 g/mol. The van der Waals surface area contributed by atoms with Gasteiger partial charge in [-0.3, -0.25) is 4.98 Å². The van der Waals surface area contributed by atoms with Crippen LogP contribution in [-0.2, 0) is 0 Å². The van der Waals surface area contributed by atoms with E-state index in [0.717, 1.165) is 5.56 Å². The van der Waals surface area contributed by atoms with Gasteiger partial charge in [-0.25, -0.2) is 4.99 Å². The third-order valence-electron chi connectivity index (χ3n) is 1.53. The number of nitrogens with two attached hydrogens (primary N) is 2. The van der Waals surface area contributed by atoms with Gasteiger partial charge >= 0.3 is 0 Å². The van der Waals surface area contributed by atoms with E-state index >= 15 is 0 Å². The summed E-state index contributed by atoms with van der Waals surface area (Å²) in [6.07, 6.45) is 3.43. The molecular formula is C8H12N4. The molecule has 1 aromatic heterocycles. The predicted octanol–water partition coefficient (Wildman–Crippen LogP) is 0.416. The number of aromatic nitrogens is 1. The van der Waals surface area contributed by atoms with Crippen molar-refractivity contribution in [3.05, 3.63) is 30.1 Å². The monoisotopic (exact) mass is 164 g/mol. The quantitative estimate of drug-likeness (QED) is 0.491. The largest absolute Gasteiger partial charge is 0.370 e. The van der Waals surface area contributed by atoms with Gasteiger partial charge in [-0.1, -0.05) is 0 Å². The minimum Gasteiger partial charge on any atom is -0.370 e. The highest BCUT2D eigenvalue weighted by atomic mass is 15.0. The second kappa shape index (κ2) is 3.71. The van der Waals surface area contributed by atoms with Crippen molar-refractivity contribution in [2.45, 2.75) is 13.0 Å². The van der Waals surface area contributed by atoms with Crippen molar-refractivity contribution < 1.29 is 0 Å². The lowest BCUT2D eigenvalue weighted by Gasteiger charge is -2.05. The van der Waals surface area contributed by atoms with Gasteiger partial charge in [0.2, 0.25) is 0 Å². The first-order valence-electron chi connectivity index (χ1n) is 3.69. The second-order valence-electron chi connectivity index (χ2n) is 2.51. The highest BCUT2D eigenvalue weighted by Gasteiger charge is 2.01. The molecule has 64 valence electrons. The highest BCUT2D eigenvalue weighted by Crippen LogP contribution is 2.13. The average Bonchev–Trinajstić information content (AvgIpc) is 2.05. The lowest BCUT2D eigenvalue weighted by Crippen LogP contribution is -2.23. The Balaban J connectivity index is 2.79. The SMILES string of the molecule is CC(N=C(N)N)c1ccncc1. The van der Waals surface area contributed by atoms with Crippen LogP contribution in [0, 0.1) is 0 Å². The van der Waals surface area contributed by atoms with E-state index in [9.17, 15) is 0 Å². The van der Waals surface area contributed by atoms with Crippen LogP contribution in [0.4, 0.5) is 0 Å². The van der Waals surface area contributed by atoms with E-state index < -0.39 is 0 Å². The molecule has 1 atom stereocenters. The van der Waals surface area contributed by atoms with Gasteiger partial charge in [-0.05, 0) is 24.6 Å². The Morgan fingerprint density at radius 2 is 2.00 bits per heavy atom. The van der Waals surface area contributed by atoms with Crippen LogP contribution < -0.4 is 11.5 Å². The number of pyridine rings is 1. The average molecular weight is 164 g/mol. The molecule has 0 bridgehead atoms. The van der Waals surface area contributed by atoms with Crippen LogP contribution in [0.3, 0.4) is 0 Å². The molecule has 1 heterocycles. The number of aliphatic imine (C=N–C) groups is 1. The number of hydrogen-bond donors (Lipinski definition) is 2. The zero-order chi connectivity index (χ0) is 8.97. The molecule has 0 saturated carbocycles. The lowest BCUT2D eigenvalue weighted by atomic mass is 10.1. The molecule has 0 spiro atoms. The molecule has 0 amide bonds. The van der Waals surface area contributed by atoms with Gasteiger partial charge < -0.3 is 11.5 Å². The van der Waals surface area contributed by atoms with Crippen molar-refractivity contribution in [1.29, 1.82) is 0 Å². The Hall–Kier alpha value is -1.58. The Morgan fingerprint density at radius 1 is 1.42 bits per heavy atom. The molecule has 0 aliphatic carbocycles. The summed E-state index contributed by atoms with van der Waals surface area (Å²) < 4.78 is 0. The van der Waals surface area contributed by atoms with Crippen LogP contribution in [0.2, 0.25) is 0 Å². The molecule has 1 aromatic rings. The fraction of sp³-hybridized carbons (Fsp3) is 0.250. The topological polar surface area (TPSA) is 77.3 Å². The Morgan fingerprint density at radius 3 is 2.50 bits per heavy atom. The third-order valence-corrected chi connectivity index (χ3v) is 1.53. The third kappa shape index (κ3) is 2.23. The summed E-state index contributed by atoms with van der Waals surface area (Å²) in [6, 6.07) is 3.77. The normalized spacial score (nSPS) is 12.1. The number of guanidine groups is 1. The minimum absolute atomic E-state index is 0.00185. The smallest absolute Gasteiger partial charge is 0.186 e. The standard InChI is InChI=1S/C8H12N4/c1-6(12-8(9)10)7-2-4-11-5-3-7/h2-6H,1H3,(H4,9,10,12). The molecule has 0 aromatic carbocycles. The van der Waals surface area contributed by atoms with E-state index in [1.54, 1.807) is 12.4 Å². The molecule has 4 N–H and O–H groups in total. The molecule has 0 aliphatic heterocycles. The van der Waals surface area contributed by atoms with Crippen LogP contribution in [0.1, 0.15) is 18.5 Å². The highest BCUT2D eigenvalue weighted by molar-refractivity contribution is 5.75. The first-order chi connectivity index (χ1) is 5.70. The first kappa shape index (κ1) is 8.52. The first-order valence-corrected chi connectivity index (χ1v) is 3.69. The molecule has 0 fully saturated rings. The Kier molecular flexibility index (Phi) is 2.63. The maximum atomic E-state index is 5.24. The van der Waals surface area contributed by atoms with Gasteiger partial charge in [-0.2, -0.15) is 0 Å². The number of rotatable bonds is 2. The van der Waals surface area contributed by atoms with Gasteiger partial charge in [0.15, 0.2) is 5.96 Å². The summed E-state index contributed by atoms with van der Waals surface area (Å²) >= 11 is 0. The summed E-state index contributed by atoms with van der Waals surface area (Å²) in [5.41, 5.74) is 11.5. The van der Waals surface area contributed by atoms with Crippen LogP contribution in [0.25, 0.3) is 0 Å². The van der Waals surface area contributed by atoms with Gasteiger partial charge in [0.1, 0.15) is 0 Å². The van der Waals surface area contributed by atoms with Crippen molar-refractivity contribution >= 4 is 5.96 Å². The summed E-state index contributed by atoms with van der Waals surface area (Å²) in [6.45, 7) is 1.93. The molecule has 0 saturated heterocycles. The molecule has 4 heteroatoms. The van der Waals surface area contributed by atoms with E-state index in [0.29, 0.717) is 0 Å².